The van der Waals surface area contributed by atoms with Crippen LogP contribution in [-0.2, 0) is 15.0 Å². The molecule has 4 rings (SSSR count). The van der Waals surface area contributed by atoms with Crippen molar-refractivity contribution in [3.8, 4) is 0 Å². The Morgan fingerprint density at radius 3 is 2.81 bits per heavy atom. The molecule has 26 heavy (non-hydrogen) atoms. The van der Waals surface area contributed by atoms with Crippen LogP contribution < -0.4 is 5.32 Å². The third kappa shape index (κ3) is 2.76. The number of hydrogen-bond acceptors (Lipinski definition) is 3. The zero-order valence-electron chi connectivity index (χ0n) is 14.5. The van der Waals surface area contributed by atoms with Crippen molar-refractivity contribution in [1.29, 1.82) is 0 Å². The molecule has 134 valence electrons. The van der Waals surface area contributed by atoms with E-state index in [-0.39, 0.29) is 23.7 Å². The van der Waals surface area contributed by atoms with E-state index in [1.165, 1.54) is 0 Å². The van der Waals surface area contributed by atoms with Gasteiger partial charge in [-0.2, -0.15) is 4.99 Å². The van der Waals surface area contributed by atoms with Crippen LogP contribution in [-0.4, -0.2) is 34.6 Å². The lowest BCUT2D eigenvalue weighted by Gasteiger charge is -2.32. The molecule has 0 radical (unpaired) electrons. The monoisotopic (exact) mass is 369 g/mol. The van der Waals surface area contributed by atoms with Crippen LogP contribution in [0.1, 0.15) is 31.7 Å². The van der Waals surface area contributed by atoms with E-state index in [2.05, 4.69) is 10.3 Å². The molecule has 6 heteroatoms. The summed E-state index contributed by atoms with van der Waals surface area (Å²) < 4.78 is 0. The number of amidine groups is 1. The van der Waals surface area contributed by atoms with E-state index in [0.29, 0.717) is 12.4 Å². The molecule has 0 saturated heterocycles. The highest BCUT2D eigenvalue weighted by Gasteiger charge is 2.48. The summed E-state index contributed by atoms with van der Waals surface area (Å²) in [7, 11) is 0. The van der Waals surface area contributed by atoms with E-state index < -0.39 is 5.54 Å². The number of carbonyl (C=O) groups is 2. The standard InChI is InChI=1S/C20H20ClN3O2/c1-19(18(26)23-16-8-4-5-11-24(16)19)12-17(25)22-13-20(9-10-20)14-6-2-3-7-15(14)21/h2-8,11H,9-10,12-13H2,1H3,(H,22,25)/t19-/m1/s1. The highest BCUT2D eigenvalue weighted by Crippen LogP contribution is 2.49. The smallest absolute Gasteiger partial charge is 0.274 e. The van der Waals surface area contributed by atoms with Gasteiger partial charge in [-0.1, -0.05) is 35.9 Å². The molecule has 1 fully saturated rings. The summed E-state index contributed by atoms with van der Waals surface area (Å²) in [5.74, 6) is 0.146. The molecule has 2 heterocycles. The van der Waals surface area contributed by atoms with Crippen LogP contribution in [0, 0.1) is 0 Å². The molecular formula is C20H20ClN3O2. The van der Waals surface area contributed by atoms with Crippen molar-refractivity contribution < 1.29 is 9.59 Å². The Labute approximate surface area is 157 Å². The van der Waals surface area contributed by atoms with Gasteiger partial charge < -0.3 is 10.2 Å². The van der Waals surface area contributed by atoms with Gasteiger partial charge in [0.2, 0.25) is 5.91 Å². The largest absolute Gasteiger partial charge is 0.355 e. The Bertz CT molecular complexity index is 870. The van der Waals surface area contributed by atoms with Crippen molar-refractivity contribution in [2.24, 2.45) is 4.99 Å². The normalized spacial score (nSPS) is 25.1. The number of amides is 2. The molecule has 0 bridgehead atoms. The van der Waals surface area contributed by atoms with Crippen LogP contribution in [0.5, 0.6) is 0 Å². The molecular weight excluding hydrogens is 350 g/mol. The molecule has 0 spiro atoms. The van der Waals surface area contributed by atoms with Crippen LogP contribution in [0.3, 0.4) is 0 Å². The summed E-state index contributed by atoms with van der Waals surface area (Å²) >= 11 is 6.33. The number of fused-ring (bicyclic) bond motifs is 1. The minimum atomic E-state index is -0.970. The topological polar surface area (TPSA) is 61.8 Å². The highest BCUT2D eigenvalue weighted by atomic mass is 35.5. The Morgan fingerprint density at radius 2 is 2.08 bits per heavy atom. The summed E-state index contributed by atoms with van der Waals surface area (Å²) in [5, 5.41) is 3.75. The van der Waals surface area contributed by atoms with Crippen LogP contribution >= 0.6 is 11.6 Å². The Balaban J connectivity index is 1.42. The van der Waals surface area contributed by atoms with Gasteiger partial charge in [0.15, 0.2) is 0 Å². The first-order valence-corrected chi connectivity index (χ1v) is 9.12. The molecule has 1 atom stereocenters. The number of nitrogens with zero attached hydrogens (tertiary/aromatic N) is 2. The van der Waals surface area contributed by atoms with Gasteiger partial charge >= 0.3 is 0 Å². The lowest BCUT2D eigenvalue weighted by atomic mass is 9.93. The van der Waals surface area contributed by atoms with E-state index in [1.807, 2.05) is 36.4 Å². The van der Waals surface area contributed by atoms with Gasteiger partial charge in [-0.15, -0.1) is 0 Å². The first-order valence-electron chi connectivity index (χ1n) is 8.74. The zero-order valence-corrected chi connectivity index (χ0v) is 15.3. The predicted octanol–water partition coefficient (Wildman–Crippen LogP) is 2.96. The summed E-state index contributed by atoms with van der Waals surface area (Å²) in [6.45, 7) is 2.29. The van der Waals surface area contributed by atoms with Crippen LogP contribution in [0.15, 0.2) is 53.7 Å². The van der Waals surface area contributed by atoms with Crippen molar-refractivity contribution in [1.82, 2.24) is 10.2 Å². The summed E-state index contributed by atoms with van der Waals surface area (Å²) in [4.78, 5) is 30.8. The molecule has 0 aromatic heterocycles. The molecule has 1 aromatic rings. The zero-order chi connectivity index (χ0) is 18.4. The van der Waals surface area contributed by atoms with E-state index in [9.17, 15) is 9.59 Å². The number of rotatable bonds is 5. The second kappa shape index (κ2) is 6.09. The summed E-state index contributed by atoms with van der Waals surface area (Å²) in [5.41, 5.74) is 0.0334. The molecule has 0 unspecified atom stereocenters. The average Bonchev–Trinajstić information content (AvgIpc) is 3.37. The van der Waals surface area contributed by atoms with Gasteiger partial charge in [0.25, 0.3) is 5.91 Å². The van der Waals surface area contributed by atoms with E-state index in [0.717, 1.165) is 23.4 Å². The number of benzene rings is 1. The number of allylic oxidation sites excluding steroid dienone is 2. The Kier molecular flexibility index (Phi) is 3.99. The average molecular weight is 370 g/mol. The molecule has 3 aliphatic rings. The van der Waals surface area contributed by atoms with Gasteiger partial charge in [0, 0.05) is 23.2 Å². The van der Waals surface area contributed by atoms with Crippen LogP contribution in [0.25, 0.3) is 0 Å². The maximum absolute atomic E-state index is 12.6. The fourth-order valence-electron chi connectivity index (χ4n) is 3.66. The minimum absolute atomic E-state index is 0.0651. The van der Waals surface area contributed by atoms with Crippen molar-refractivity contribution in [3.05, 3.63) is 59.3 Å². The fraction of sp³-hybridized carbons (Fsp3) is 0.350. The van der Waals surface area contributed by atoms with Crippen molar-refractivity contribution in [2.75, 3.05) is 6.54 Å². The molecule has 1 saturated carbocycles. The first kappa shape index (κ1) is 17.0. The van der Waals surface area contributed by atoms with Gasteiger partial charge in [-0.3, -0.25) is 9.59 Å². The number of nitrogens with one attached hydrogen (secondary N) is 1. The van der Waals surface area contributed by atoms with Gasteiger partial charge in [0.05, 0.1) is 6.42 Å². The van der Waals surface area contributed by atoms with Gasteiger partial charge in [-0.25, -0.2) is 0 Å². The van der Waals surface area contributed by atoms with Crippen molar-refractivity contribution in [3.63, 3.8) is 0 Å². The Morgan fingerprint density at radius 1 is 1.31 bits per heavy atom. The van der Waals surface area contributed by atoms with Crippen LogP contribution in [0.2, 0.25) is 5.02 Å². The third-order valence-electron chi connectivity index (χ3n) is 5.47. The molecule has 1 aliphatic carbocycles. The number of hydrogen-bond donors (Lipinski definition) is 1. The molecule has 1 N–H and O–H groups in total. The van der Waals surface area contributed by atoms with E-state index >= 15 is 0 Å². The maximum Gasteiger partial charge on any atom is 0.274 e. The molecule has 1 aromatic carbocycles. The molecule has 5 nitrogen and oxygen atoms in total. The second-order valence-electron chi connectivity index (χ2n) is 7.33. The van der Waals surface area contributed by atoms with Gasteiger partial charge in [-0.05, 0) is 43.5 Å². The SMILES string of the molecule is C[C@@]1(CC(=O)NCC2(c3ccccc3Cl)CC2)C(=O)N=C2C=CC=CN21. The number of aliphatic imine (C=N–C) groups is 1. The third-order valence-corrected chi connectivity index (χ3v) is 5.80. The van der Waals surface area contributed by atoms with Gasteiger partial charge in [0.1, 0.15) is 11.4 Å². The van der Waals surface area contributed by atoms with Crippen LogP contribution in [0.4, 0.5) is 0 Å². The minimum Gasteiger partial charge on any atom is -0.355 e. The molecule has 2 amide bonds. The second-order valence-corrected chi connectivity index (χ2v) is 7.74. The van der Waals surface area contributed by atoms with E-state index in [4.69, 9.17) is 11.6 Å². The fourth-order valence-corrected chi connectivity index (χ4v) is 3.99. The lowest BCUT2D eigenvalue weighted by Crippen LogP contribution is -2.50. The summed E-state index contributed by atoms with van der Waals surface area (Å²) in [6, 6.07) is 7.78. The van der Waals surface area contributed by atoms with Crippen molar-refractivity contribution in [2.45, 2.75) is 37.1 Å². The number of carbonyl (C=O) groups excluding carboxylic acids is 2. The lowest BCUT2D eigenvalue weighted by molar-refractivity contribution is -0.131. The summed E-state index contributed by atoms with van der Waals surface area (Å²) in [6.07, 6.45) is 9.30. The molecule has 2 aliphatic heterocycles. The van der Waals surface area contributed by atoms with Crippen molar-refractivity contribution >= 4 is 29.3 Å². The highest BCUT2D eigenvalue weighted by molar-refractivity contribution is 6.31. The van der Waals surface area contributed by atoms with E-state index in [1.54, 1.807) is 24.1 Å². The Hall–Kier alpha value is -2.40. The maximum atomic E-state index is 12.6. The first-order chi connectivity index (χ1) is 12.4. The quantitative estimate of drug-likeness (QED) is 0.868. The predicted molar refractivity (Wildman–Crippen MR) is 101 cm³/mol. The number of halogens is 1.